The van der Waals surface area contributed by atoms with Crippen molar-refractivity contribution < 1.29 is 9.21 Å². The van der Waals surface area contributed by atoms with Gasteiger partial charge >= 0.3 is 0 Å². The second kappa shape index (κ2) is 9.24. The molecule has 2 N–H and O–H groups in total. The number of aromatic nitrogens is 1. The molecule has 9 heteroatoms. The Morgan fingerprint density at radius 2 is 1.68 bits per heavy atom. The minimum absolute atomic E-state index is 0.146. The van der Waals surface area contributed by atoms with Crippen LogP contribution in [0.5, 0.6) is 0 Å². The van der Waals surface area contributed by atoms with Gasteiger partial charge in [-0.3, -0.25) is 10.1 Å². The number of carbonyl (C=O) groups excluding carboxylic acids is 1. The van der Waals surface area contributed by atoms with Crippen LogP contribution < -0.4 is 10.6 Å². The maximum atomic E-state index is 12.9. The summed E-state index contributed by atoms with van der Waals surface area (Å²) in [6.45, 7) is 0. The van der Waals surface area contributed by atoms with Gasteiger partial charge in [-0.15, -0.1) is 0 Å². The van der Waals surface area contributed by atoms with E-state index >= 15 is 0 Å². The van der Waals surface area contributed by atoms with E-state index in [1.807, 2.05) is 12.1 Å². The molecule has 5 nitrogen and oxygen atoms in total. The zero-order valence-corrected chi connectivity index (χ0v) is 20.3. The number of rotatable bonds is 3. The van der Waals surface area contributed by atoms with Gasteiger partial charge in [-0.1, -0.05) is 59.1 Å². The van der Waals surface area contributed by atoms with Crippen LogP contribution >= 0.6 is 47.0 Å². The number of halogens is 3. The van der Waals surface area contributed by atoms with E-state index < -0.39 is 0 Å². The summed E-state index contributed by atoms with van der Waals surface area (Å²) in [4.78, 5) is 17.4. The van der Waals surface area contributed by atoms with E-state index in [0.717, 1.165) is 10.8 Å². The highest BCUT2D eigenvalue weighted by atomic mass is 35.5. The van der Waals surface area contributed by atoms with E-state index in [0.29, 0.717) is 48.9 Å². The van der Waals surface area contributed by atoms with Gasteiger partial charge in [0.1, 0.15) is 5.52 Å². The molecule has 0 spiro atoms. The third kappa shape index (κ3) is 4.45. The number of benzene rings is 4. The lowest BCUT2D eigenvalue weighted by molar-refractivity contribution is 0.0979. The molecule has 0 saturated carbocycles. The second-order valence-electron chi connectivity index (χ2n) is 7.37. The number of hydrogen-bond donors (Lipinski definition) is 2. The van der Waals surface area contributed by atoms with Crippen LogP contribution in [0.4, 0.5) is 5.69 Å². The number of carbonyl (C=O) groups is 1. The second-order valence-corrected chi connectivity index (χ2v) is 9.03. The summed E-state index contributed by atoms with van der Waals surface area (Å²) in [6.07, 6.45) is 0. The minimum atomic E-state index is -0.340. The molecule has 1 aromatic heterocycles. The standard InChI is InChI=1S/C25H14Cl3N3O2S/c26-13-7-9-18(20(28)11-13)24-30-21-12-14(8-10-22(21)33-24)29-25(34)31-23(32)17-5-1-4-16-15(17)3-2-6-19(16)27/h1-12H,(H2,29,31,32,34). The van der Waals surface area contributed by atoms with Crippen LogP contribution in [-0.2, 0) is 0 Å². The Hall–Kier alpha value is -3.16. The molecule has 0 unspecified atom stereocenters. The van der Waals surface area contributed by atoms with Gasteiger partial charge in [0.2, 0.25) is 5.89 Å². The van der Waals surface area contributed by atoms with E-state index in [9.17, 15) is 4.79 Å². The number of anilines is 1. The molecule has 0 aliphatic carbocycles. The summed E-state index contributed by atoms with van der Waals surface area (Å²) in [7, 11) is 0. The van der Waals surface area contributed by atoms with Gasteiger partial charge in [0.05, 0.1) is 10.6 Å². The number of thiocarbonyl (C=S) groups is 1. The summed E-state index contributed by atoms with van der Waals surface area (Å²) in [5, 5.41) is 8.95. The molecule has 0 aliphatic heterocycles. The van der Waals surface area contributed by atoms with Crippen molar-refractivity contribution in [3.8, 4) is 11.5 Å². The minimum Gasteiger partial charge on any atom is -0.436 e. The molecule has 5 rings (SSSR count). The third-order valence-corrected chi connectivity index (χ3v) is 6.23. The molecule has 0 aliphatic rings. The normalized spacial score (nSPS) is 11.0. The molecule has 34 heavy (non-hydrogen) atoms. The number of nitrogens with one attached hydrogen (secondary N) is 2. The third-order valence-electron chi connectivity index (χ3n) is 5.15. The van der Waals surface area contributed by atoms with Gasteiger partial charge in [0.25, 0.3) is 5.91 Å². The first kappa shape index (κ1) is 22.6. The van der Waals surface area contributed by atoms with Crippen LogP contribution in [-0.4, -0.2) is 16.0 Å². The van der Waals surface area contributed by atoms with Crippen LogP contribution in [0, 0.1) is 0 Å². The molecule has 0 fully saturated rings. The van der Waals surface area contributed by atoms with Crippen molar-refractivity contribution in [2.24, 2.45) is 0 Å². The van der Waals surface area contributed by atoms with Crippen LogP contribution in [0.2, 0.25) is 15.1 Å². The van der Waals surface area contributed by atoms with Gasteiger partial charge in [0, 0.05) is 26.7 Å². The molecule has 0 saturated heterocycles. The zero-order valence-electron chi connectivity index (χ0n) is 17.2. The fraction of sp³-hybridized carbons (Fsp3) is 0. The first-order valence-corrected chi connectivity index (χ1v) is 11.6. The Morgan fingerprint density at radius 3 is 2.50 bits per heavy atom. The largest absolute Gasteiger partial charge is 0.436 e. The first-order chi connectivity index (χ1) is 16.4. The topological polar surface area (TPSA) is 67.2 Å². The fourth-order valence-electron chi connectivity index (χ4n) is 3.59. The van der Waals surface area contributed by atoms with E-state index in [1.54, 1.807) is 60.7 Å². The maximum absolute atomic E-state index is 12.9. The van der Waals surface area contributed by atoms with Crippen molar-refractivity contribution in [3.05, 3.63) is 93.4 Å². The Morgan fingerprint density at radius 1 is 0.882 bits per heavy atom. The molecule has 5 aromatic rings. The van der Waals surface area contributed by atoms with Crippen LogP contribution in [0.15, 0.2) is 77.2 Å². The number of hydrogen-bond acceptors (Lipinski definition) is 4. The monoisotopic (exact) mass is 525 g/mol. The highest BCUT2D eigenvalue weighted by Gasteiger charge is 2.15. The average Bonchev–Trinajstić information content (AvgIpc) is 3.22. The van der Waals surface area contributed by atoms with E-state index in [-0.39, 0.29) is 11.0 Å². The first-order valence-electron chi connectivity index (χ1n) is 10.0. The molecule has 1 heterocycles. The molecule has 0 bridgehead atoms. The van der Waals surface area contributed by atoms with Gasteiger partial charge in [-0.2, -0.15) is 0 Å². The summed E-state index contributed by atoms with van der Waals surface area (Å²) < 4.78 is 5.83. The van der Waals surface area contributed by atoms with Crippen molar-refractivity contribution in [2.45, 2.75) is 0 Å². The smallest absolute Gasteiger partial charge is 0.258 e. The molecule has 4 aromatic carbocycles. The van der Waals surface area contributed by atoms with Crippen molar-refractivity contribution >= 4 is 85.6 Å². The lowest BCUT2D eigenvalue weighted by Gasteiger charge is -2.11. The maximum Gasteiger partial charge on any atom is 0.258 e. The van der Waals surface area contributed by atoms with Gasteiger partial charge in [-0.05, 0) is 66.1 Å². The molecule has 1 amide bonds. The fourth-order valence-corrected chi connectivity index (χ4v) is 4.52. The summed E-state index contributed by atoms with van der Waals surface area (Å²) in [6, 6.07) is 21.2. The van der Waals surface area contributed by atoms with E-state index in [4.69, 9.17) is 51.4 Å². The Labute approximate surface area is 214 Å². The van der Waals surface area contributed by atoms with Gasteiger partial charge in [0.15, 0.2) is 10.7 Å². The Balaban J connectivity index is 1.35. The lowest BCUT2D eigenvalue weighted by Crippen LogP contribution is -2.34. The van der Waals surface area contributed by atoms with Crippen LogP contribution in [0.3, 0.4) is 0 Å². The lowest BCUT2D eigenvalue weighted by atomic mass is 10.0. The molecule has 168 valence electrons. The Kier molecular flexibility index (Phi) is 6.15. The quantitative estimate of drug-likeness (QED) is 0.235. The van der Waals surface area contributed by atoms with Gasteiger partial charge in [-0.25, -0.2) is 4.98 Å². The summed E-state index contributed by atoms with van der Waals surface area (Å²) in [5.74, 6) is 0.0341. The predicted octanol–water partition coefficient (Wildman–Crippen LogP) is 7.74. The van der Waals surface area contributed by atoms with E-state index in [1.165, 1.54) is 0 Å². The van der Waals surface area contributed by atoms with Crippen LogP contribution in [0.25, 0.3) is 33.3 Å². The molecular weight excluding hydrogens is 513 g/mol. The van der Waals surface area contributed by atoms with Crippen LogP contribution in [0.1, 0.15) is 10.4 Å². The van der Waals surface area contributed by atoms with Crippen molar-refractivity contribution in [2.75, 3.05) is 5.32 Å². The predicted molar refractivity (Wildman–Crippen MR) is 142 cm³/mol. The van der Waals surface area contributed by atoms with Crippen molar-refractivity contribution in [1.82, 2.24) is 10.3 Å². The average molecular weight is 527 g/mol. The molecule has 0 radical (unpaired) electrons. The highest BCUT2D eigenvalue weighted by Crippen LogP contribution is 2.32. The van der Waals surface area contributed by atoms with Gasteiger partial charge < -0.3 is 9.73 Å². The SMILES string of the molecule is O=C(NC(=S)Nc1ccc2oc(-c3ccc(Cl)cc3Cl)nc2c1)c1cccc2c(Cl)cccc12. The highest BCUT2D eigenvalue weighted by molar-refractivity contribution is 7.80. The van der Waals surface area contributed by atoms with E-state index in [2.05, 4.69) is 15.6 Å². The van der Waals surface area contributed by atoms with Crippen molar-refractivity contribution in [1.29, 1.82) is 0 Å². The number of fused-ring (bicyclic) bond motifs is 2. The number of nitrogens with zero attached hydrogens (tertiary/aromatic N) is 1. The molecular formula is C25H14Cl3N3O2S. The number of amides is 1. The number of oxazole rings is 1. The summed E-state index contributed by atoms with van der Waals surface area (Å²) >= 11 is 23.9. The van der Waals surface area contributed by atoms with Crippen molar-refractivity contribution in [3.63, 3.8) is 0 Å². The summed E-state index contributed by atoms with van der Waals surface area (Å²) in [5.41, 5.74) is 2.93. The Bertz CT molecular complexity index is 1600. The zero-order chi connectivity index (χ0) is 23.8. The molecule has 0 atom stereocenters.